The summed E-state index contributed by atoms with van der Waals surface area (Å²) in [4.78, 5) is 16.1. The van der Waals surface area contributed by atoms with E-state index in [9.17, 15) is 14.3 Å². The first-order valence-corrected chi connectivity index (χ1v) is 8.29. The second-order valence-electron chi connectivity index (χ2n) is 6.02. The molecule has 1 aliphatic rings. The maximum atomic E-state index is 13.6. The number of phenolic OH excluding ortho intramolecular Hbond substituents is 1. The van der Waals surface area contributed by atoms with Crippen molar-refractivity contribution in [2.75, 3.05) is 32.2 Å². The minimum absolute atomic E-state index is 0.0262. The first kappa shape index (κ1) is 17.8. The van der Waals surface area contributed by atoms with Crippen LogP contribution >= 0.6 is 0 Å². The van der Waals surface area contributed by atoms with E-state index in [0.717, 1.165) is 6.42 Å². The van der Waals surface area contributed by atoms with Gasteiger partial charge in [-0.1, -0.05) is 0 Å². The Kier molecular flexibility index (Phi) is 5.16. The van der Waals surface area contributed by atoms with Crippen LogP contribution in [0.4, 0.5) is 14.9 Å². The molecule has 1 fully saturated rings. The molecule has 0 unspecified atom stereocenters. The summed E-state index contributed by atoms with van der Waals surface area (Å²) in [5.41, 5.74) is 1.20. The van der Waals surface area contributed by atoms with Crippen LogP contribution in [0.25, 0.3) is 0 Å². The van der Waals surface area contributed by atoms with E-state index in [1.54, 1.807) is 28.0 Å². The van der Waals surface area contributed by atoms with Crippen LogP contribution in [0.1, 0.15) is 12.0 Å². The number of halogens is 1. The van der Waals surface area contributed by atoms with E-state index in [4.69, 9.17) is 9.47 Å². The zero-order chi connectivity index (χ0) is 18.7. The maximum Gasteiger partial charge on any atom is 0.324 e. The van der Waals surface area contributed by atoms with Crippen LogP contribution in [-0.4, -0.2) is 43.3 Å². The van der Waals surface area contributed by atoms with E-state index in [0.29, 0.717) is 35.8 Å². The average molecular weight is 360 g/mol. The van der Waals surface area contributed by atoms with Gasteiger partial charge >= 0.3 is 6.03 Å². The molecule has 3 rings (SSSR count). The molecule has 7 heteroatoms. The second-order valence-corrected chi connectivity index (χ2v) is 6.02. The zero-order valence-corrected chi connectivity index (χ0v) is 14.7. The number of carbonyl (C=O) groups excluding carboxylic acids is 1. The molecule has 0 spiro atoms. The molecule has 138 valence electrons. The second kappa shape index (κ2) is 7.51. The molecular weight excluding hydrogens is 339 g/mol. The summed E-state index contributed by atoms with van der Waals surface area (Å²) in [5, 5.41) is 9.97. The molecule has 2 aromatic carbocycles. The predicted octanol–water partition coefficient (Wildman–Crippen LogP) is 3.38. The van der Waals surface area contributed by atoms with E-state index >= 15 is 0 Å². The van der Waals surface area contributed by atoms with Crippen LogP contribution in [-0.2, 0) is 6.54 Å². The summed E-state index contributed by atoms with van der Waals surface area (Å²) >= 11 is 0. The quantitative estimate of drug-likeness (QED) is 0.888. The van der Waals surface area contributed by atoms with Gasteiger partial charge in [-0.15, -0.1) is 0 Å². The first-order chi connectivity index (χ1) is 12.5. The van der Waals surface area contributed by atoms with Gasteiger partial charge in [-0.05, 0) is 36.8 Å². The summed E-state index contributed by atoms with van der Waals surface area (Å²) in [6.07, 6.45) is 0.760. The topological polar surface area (TPSA) is 62.2 Å². The Morgan fingerprint density at radius 3 is 2.50 bits per heavy atom. The molecule has 0 radical (unpaired) electrons. The Morgan fingerprint density at radius 2 is 1.81 bits per heavy atom. The third-order valence-electron chi connectivity index (χ3n) is 4.39. The molecule has 0 aliphatic carbocycles. The number of amides is 2. The number of carbonyl (C=O) groups is 1. The van der Waals surface area contributed by atoms with Gasteiger partial charge in [-0.25, -0.2) is 9.18 Å². The van der Waals surface area contributed by atoms with Gasteiger partial charge in [0.1, 0.15) is 11.6 Å². The number of ether oxygens (including phenoxy) is 2. The smallest absolute Gasteiger partial charge is 0.324 e. The van der Waals surface area contributed by atoms with Gasteiger partial charge in [0.15, 0.2) is 11.5 Å². The Bertz CT molecular complexity index is 812. The molecule has 1 aliphatic heterocycles. The molecule has 26 heavy (non-hydrogen) atoms. The van der Waals surface area contributed by atoms with Gasteiger partial charge < -0.3 is 19.5 Å². The minimum Gasteiger partial charge on any atom is -0.504 e. The van der Waals surface area contributed by atoms with Crippen molar-refractivity contribution in [3.05, 3.63) is 47.8 Å². The first-order valence-electron chi connectivity index (χ1n) is 8.29. The maximum absolute atomic E-state index is 13.6. The molecule has 0 atom stereocenters. The Morgan fingerprint density at radius 1 is 1.08 bits per heavy atom. The number of aromatic hydroxyl groups is 1. The van der Waals surface area contributed by atoms with Gasteiger partial charge in [0, 0.05) is 30.4 Å². The summed E-state index contributed by atoms with van der Waals surface area (Å²) in [6.45, 7) is 1.36. The third kappa shape index (κ3) is 3.51. The van der Waals surface area contributed by atoms with E-state index in [1.165, 1.54) is 32.4 Å². The van der Waals surface area contributed by atoms with Crippen molar-refractivity contribution in [1.82, 2.24) is 4.90 Å². The van der Waals surface area contributed by atoms with Crippen LogP contribution in [0.2, 0.25) is 0 Å². The fourth-order valence-electron chi connectivity index (χ4n) is 3.09. The van der Waals surface area contributed by atoms with Crippen LogP contribution in [0.15, 0.2) is 36.4 Å². The van der Waals surface area contributed by atoms with Crippen molar-refractivity contribution in [2.45, 2.75) is 13.0 Å². The lowest BCUT2D eigenvalue weighted by molar-refractivity contribution is 0.191. The van der Waals surface area contributed by atoms with Gasteiger partial charge in [0.25, 0.3) is 0 Å². The Labute approximate surface area is 151 Å². The number of phenols is 1. The van der Waals surface area contributed by atoms with Crippen molar-refractivity contribution in [1.29, 1.82) is 0 Å². The van der Waals surface area contributed by atoms with Crippen molar-refractivity contribution >= 4 is 11.7 Å². The summed E-state index contributed by atoms with van der Waals surface area (Å²) in [6, 6.07) is 8.90. The zero-order valence-electron chi connectivity index (χ0n) is 14.7. The van der Waals surface area contributed by atoms with E-state index in [-0.39, 0.29) is 24.1 Å². The molecule has 0 saturated carbocycles. The average Bonchev–Trinajstić information content (AvgIpc) is 2.63. The number of rotatable bonds is 5. The Balaban J connectivity index is 1.82. The highest BCUT2D eigenvalue weighted by molar-refractivity contribution is 5.93. The molecule has 2 amide bonds. The van der Waals surface area contributed by atoms with Gasteiger partial charge in [0.05, 0.1) is 20.8 Å². The molecule has 1 heterocycles. The highest BCUT2D eigenvalue weighted by Gasteiger charge is 2.28. The van der Waals surface area contributed by atoms with Gasteiger partial charge in [0.2, 0.25) is 0 Å². The van der Waals surface area contributed by atoms with Crippen LogP contribution < -0.4 is 14.4 Å². The molecule has 1 saturated heterocycles. The summed E-state index contributed by atoms with van der Waals surface area (Å²) < 4.78 is 23.9. The van der Waals surface area contributed by atoms with Gasteiger partial charge in [-0.2, -0.15) is 0 Å². The monoisotopic (exact) mass is 360 g/mol. The van der Waals surface area contributed by atoms with Crippen molar-refractivity contribution in [2.24, 2.45) is 0 Å². The number of hydrogen-bond donors (Lipinski definition) is 1. The summed E-state index contributed by atoms with van der Waals surface area (Å²) in [7, 11) is 2.98. The molecule has 0 aromatic heterocycles. The number of nitrogens with zero attached hydrogens (tertiary/aromatic N) is 2. The largest absolute Gasteiger partial charge is 0.504 e. The number of benzene rings is 2. The molecule has 2 aromatic rings. The molecule has 1 N–H and O–H groups in total. The van der Waals surface area contributed by atoms with E-state index in [2.05, 4.69) is 0 Å². The number of hydrogen-bond acceptors (Lipinski definition) is 4. The van der Waals surface area contributed by atoms with Crippen molar-refractivity contribution in [3.63, 3.8) is 0 Å². The SMILES string of the molecule is COc1ccc(N2CCCN(Cc3cc(F)ccc3OC)C2=O)cc1O. The lowest BCUT2D eigenvalue weighted by atomic mass is 10.1. The molecule has 6 nitrogen and oxygen atoms in total. The number of methoxy groups -OCH3 is 2. The summed E-state index contributed by atoms with van der Waals surface area (Å²) in [5.74, 6) is 0.488. The Hall–Kier alpha value is -2.96. The number of urea groups is 1. The lowest BCUT2D eigenvalue weighted by Gasteiger charge is -2.36. The van der Waals surface area contributed by atoms with E-state index in [1.807, 2.05) is 0 Å². The fraction of sp³-hybridized carbons (Fsp3) is 0.316. The standard InChI is InChI=1S/C19H21FN2O4/c1-25-17-6-4-14(20)10-13(17)12-21-8-3-9-22(19(21)24)15-5-7-18(26-2)16(23)11-15/h4-7,10-11,23H,3,8-9,12H2,1-2H3. The third-order valence-corrected chi connectivity index (χ3v) is 4.39. The highest BCUT2D eigenvalue weighted by Crippen LogP contribution is 2.32. The molecule has 0 bridgehead atoms. The van der Waals surface area contributed by atoms with Crippen molar-refractivity contribution < 1.29 is 23.8 Å². The predicted molar refractivity (Wildman–Crippen MR) is 95.4 cm³/mol. The lowest BCUT2D eigenvalue weighted by Crippen LogP contribution is -2.49. The minimum atomic E-state index is -0.373. The van der Waals surface area contributed by atoms with Crippen LogP contribution in [0.3, 0.4) is 0 Å². The normalized spacial score (nSPS) is 14.5. The van der Waals surface area contributed by atoms with Crippen LogP contribution in [0, 0.1) is 5.82 Å². The van der Waals surface area contributed by atoms with E-state index < -0.39 is 0 Å². The number of anilines is 1. The van der Waals surface area contributed by atoms with Crippen molar-refractivity contribution in [3.8, 4) is 17.2 Å². The molecular formula is C19H21FN2O4. The highest BCUT2D eigenvalue weighted by atomic mass is 19.1. The van der Waals surface area contributed by atoms with Crippen LogP contribution in [0.5, 0.6) is 17.2 Å². The fourth-order valence-corrected chi connectivity index (χ4v) is 3.09. The van der Waals surface area contributed by atoms with Gasteiger partial charge in [-0.3, -0.25) is 4.90 Å².